The number of anilines is 3. The number of fused-ring (bicyclic) bond motifs is 3. The zero-order valence-electron chi connectivity index (χ0n) is 43.0. The molecule has 394 valence electrons. The molecular weight excluding hydrogens is 993 g/mol. The Hall–Kier alpha value is -7.64. The second-order valence-corrected chi connectivity index (χ2v) is 21.8. The first kappa shape index (κ1) is 51.8. The van der Waals surface area contributed by atoms with Gasteiger partial charge in [-0.2, -0.15) is 5.10 Å². The first-order valence-electron chi connectivity index (χ1n) is 25.6. The van der Waals surface area contributed by atoms with Crippen molar-refractivity contribution < 1.29 is 42.2 Å². The summed E-state index contributed by atoms with van der Waals surface area (Å²) >= 11 is 1.42. The predicted molar refractivity (Wildman–Crippen MR) is 287 cm³/mol. The van der Waals surface area contributed by atoms with Gasteiger partial charge in [0.25, 0.3) is 11.8 Å². The molecule has 10 rings (SSSR count). The van der Waals surface area contributed by atoms with Gasteiger partial charge in [-0.05, 0) is 143 Å². The van der Waals surface area contributed by atoms with Crippen molar-refractivity contribution in [2.24, 2.45) is 13.0 Å². The molecule has 2 atom stereocenters. The van der Waals surface area contributed by atoms with Gasteiger partial charge in [0, 0.05) is 54.7 Å². The van der Waals surface area contributed by atoms with Crippen LogP contribution in [0.5, 0.6) is 5.75 Å². The number of alkyl halides is 2. The second kappa shape index (κ2) is 21.2. The fourth-order valence-electron chi connectivity index (χ4n) is 10.5. The monoisotopic (exact) mass is 1050 g/mol. The highest BCUT2D eigenvalue weighted by Crippen LogP contribution is 2.39. The Morgan fingerprint density at radius 2 is 1.72 bits per heavy atom. The predicted octanol–water partition coefficient (Wildman–Crippen LogP) is 9.60. The Morgan fingerprint density at radius 3 is 2.51 bits per heavy atom. The van der Waals surface area contributed by atoms with Crippen LogP contribution < -0.4 is 25.6 Å². The molecule has 3 N–H and O–H groups in total. The number of hydrogen-bond acceptors (Lipinski definition) is 13. The van der Waals surface area contributed by atoms with Crippen LogP contribution in [-0.4, -0.2) is 98.6 Å². The summed E-state index contributed by atoms with van der Waals surface area (Å²) in [6.45, 7) is 8.02. The number of nitrogens with zero attached hydrogens (tertiary/aromatic N) is 6. The number of piperidine rings is 2. The first-order chi connectivity index (χ1) is 36.4. The summed E-state index contributed by atoms with van der Waals surface area (Å²) in [6, 6.07) is 27.9. The Labute approximate surface area is 442 Å². The first-order valence-corrected chi connectivity index (χ1v) is 26.4. The average Bonchev–Trinajstić information content (AvgIpc) is 3.97. The number of ether oxygens (including phenoxy) is 2. The highest BCUT2D eigenvalue weighted by molar-refractivity contribution is 7.22. The highest BCUT2D eigenvalue weighted by Gasteiger charge is 2.44. The SMILES string of the molecule is Cc1c(OCCC[C@@H]2CCN(CC(=O)Nc3ccc4c(C5CCC(=O)NC5=O)nn(C)c4c3)CC2(F)F)cccc1-c1ccc(N2CCc3cccc(C(=O)Nc4nc5ccccc5s4)c3C2)nc1C(=O)OC(C)(C)C. The van der Waals surface area contributed by atoms with Gasteiger partial charge >= 0.3 is 5.97 Å². The van der Waals surface area contributed by atoms with Crippen LogP contribution in [0.2, 0.25) is 0 Å². The van der Waals surface area contributed by atoms with Crippen LogP contribution in [0.3, 0.4) is 0 Å². The number of carbonyl (C=O) groups excluding carboxylic acids is 5. The van der Waals surface area contributed by atoms with E-state index in [4.69, 9.17) is 14.5 Å². The standard InChI is InChI=1S/C57H59F2N9O7S/c1-33-37(38-20-22-47(62-51(38)54(73)75-56(2,3)4)68-27-24-34-11-8-14-39(42(34)30-68)52(71)64-55-61-43-15-6-7-17-46(43)76-55)13-9-16-45(33)74-28-10-12-35-25-26-67(32-57(35,58)59)31-49(70)60-36-18-19-40-44(29-36)66(5)65-50(40)41-21-23-48(69)63-53(41)72/h6-9,11,13-20,22,29,35,41H,10,12,21,23-28,30-32H2,1-5H3,(H,60,70)(H,61,64,71)(H,63,69,72)/t35-,41?/m1/s1. The molecule has 3 aliphatic rings. The van der Waals surface area contributed by atoms with Crippen molar-refractivity contribution in [2.75, 3.05) is 48.3 Å². The summed E-state index contributed by atoms with van der Waals surface area (Å²) in [5.74, 6) is -5.37. The number of imide groups is 1. The van der Waals surface area contributed by atoms with Gasteiger partial charge in [-0.15, -0.1) is 0 Å². The van der Waals surface area contributed by atoms with E-state index in [1.165, 1.54) is 16.2 Å². The van der Waals surface area contributed by atoms with Gasteiger partial charge in [-0.1, -0.05) is 47.7 Å². The van der Waals surface area contributed by atoms with Crippen molar-refractivity contribution in [3.8, 4) is 16.9 Å². The maximum atomic E-state index is 15.7. The van der Waals surface area contributed by atoms with Gasteiger partial charge in [0.2, 0.25) is 17.7 Å². The van der Waals surface area contributed by atoms with E-state index in [9.17, 15) is 24.0 Å². The van der Waals surface area contributed by atoms with E-state index in [1.54, 1.807) is 50.7 Å². The van der Waals surface area contributed by atoms with Crippen LogP contribution in [-0.2, 0) is 39.1 Å². The second-order valence-electron chi connectivity index (χ2n) is 20.8. The number of halogens is 2. The molecule has 0 saturated carbocycles. The molecule has 4 aromatic carbocycles. The van der Waals surface area contributed by atoms with Gasteiger partial charge in [-0.3, -0.25) is 39.4 Å². The number of hydrogen-bond donors (Lipinski definition) is 3. The number of aromatic nitrogens is 4. The molecule has 0 aliphatic carbocycles. The van der Waals surface area contributed by atoms with E-state index < -0.39 is 47.7 Å². The number of benzene rings is 4. The van der Waals surface area contributed by atoms with E-state index in [-0.39, 0.29) is 49.9 Å². The Morgan fingerprint density at radius 1 is 0.908 bits per heavy atom. The molecule has 0 bridgehead atoms. The Kier molecular flexibility index (Phi) is 14.4. The molecule has 3 aliphatic heterocycles. The van der Waals surface area contributed by atoms with Gasteiger partial charge in [-0.25, -0.2) is 23.5 Å². The number of nitrogens with one attached hydrogen (secondary N) is 3. The molecule has 0 spiro atoms. The summed E-state index contributed by atoms with van der Waals surface area (Å²) < 4.78 is 46.2. The summed E-state index contributed by atoms with van der Waals surface area (Å²) in [4.78, 5) is 78.3. The van der Waals surface area contributed by atoms with Crippen LogP contribution >= 0.6 is 11.3 Å². The third kappa shape index (κ3) is 11.2. The topological polar surface area (TPSA) is 190 Å². The third-order valence-corrected chi connectivity index (χ3v) is 15.2. The van der Waals surface area contributed by atoms with E-state index >= 15 is 8.78 Å². The lowest BCUT2D eigenvalue weighted by atomic mass is 9.88. The molecule has 76 heavy (non-hydrogen) atoms. The number of para-hydroxylation sites is 1. The van der Waals surface area contributed by atoms with Crippen molar-refractivity contribution in [3.63, 3.8) is 0 Å². The summed E-state index contributed by atoms with van der Waals surface area (Å²) in [5, 5.41) is 14.0. The molecule has 2 fully saturated rings. The summed E-state index contributed by atoms with van der Waals surface area (Å²) in [5.41, 5.74) is 6.29. The van der Waals surface area contributed by atoms with Crippen LogP contribution in [0.4, 0.5) is 25.4 Å². The number of likely N-dealkylation sites (tertiary alicyclic amines) is 1. The molecule has 6 heterocycles. The van der Waals surface area contributed by atoms with Crippen molar-refractivity contribution >= 4 is 78.7 Å². The number of esters is 1. The van der Waals surface area contributed by atoms with Crippen LogP contribution in [0.15, 0.2) is 91.0 Å². The zero-order valence-corrected chi connectivity index (χ0v) is 43.8. The number of aryl methyl sites for hydroxylation is 1. The van der Waals surface area contributed by atoms with Crippen molar-refractivity contribution in [1.29, 1.82) is 0 Å². The third-order valence-electron chi connectivity index (χ3n) is 14.3. The van der Waals surface area contributed by atoms with Crippen molar-refractivity contribution in [1.82, 2.24) is 30.0 Å². The molecule has 16 nitrogen and oxygen atoms in total. The minimum Gasteiger partial charge on any atom is -0.493 e. The molecule has 0 radical (unpaired) electrons. The normalized spacial score (nSPS) is 17.8. The number of pyridine rings is 1. The summed E-state index contributed by atoms with van der Waals surface area (Å²) in [6.07, 6.45) is 2.04. The molecule has 19 heteroatoms. The smallest absolute Gasteiger partial charge is 0.358 e. The number of thiazole rings is 1. The minimum atomic E-state index is -3.03. The quantitative estimate of drug-likeness (QED) is 0.0532. The minimum absolute atomic E-state index is 0.125. The molecule has 1 unspecified atom stereocenters. The van der Waals surface area contributed by atoms with E-state index in [0.29, 0.717) is 89.2 Å². The lowest BCUT2D eigenvalue weighted by Crippen LogP contribution is -2.50. The van der Waals surface area contributed by atoms with Crippen LogP contribution in [0, 0.1) is 12.8 Å². The molecular formula is C57H59F2N9O7S. The Bertz CT molecular complexity index is 3390. The fourth-order valence-corrected chi connectivity index (χ4v) is 11.4. The summed E-state index contributed by atoms with van der Waals surface area (Å²) in [7, 11) is 1.73. The van der Waals surface area contributed by atoms with Crippen LogP contribution in [0.1, 0.15) is 102 Å². The van der Waals surface area contributed by atoms with Gasteiger partial charge in [0.15, 0.2) is 10.8 Å². The maximum Gasteiger partial charge on any atom is 0.358 e. The molecule has 7 aromatic rings. The molecule has 4 amide bonds. The largest absolute Gasteiger partial charge is 0.493 e. The van der Waals surface area contributed by atoms with Crippen LogP contribution in [0.25, 0.3) is 32.2 Å². The number of carbonyl (C=O) groups is 5. The Balaban J connectivity index is 0.760. The average molecular weight is 1050 g/mol. The van der Waals surface area contributed by atoms with Crippen molar-refractivity contribution in [2.45, 2.75) is 90.2 Å². The lowest BCUT2D eigenvalue weighted by molar-refractivity contribution is -0.134. The van der Waals surface area contributed by atoms with E-state index in [2.05, 4.69) is 30.9 Å². The number of amides is 4. The zero-order chi connectivity index (χ0) is 53.5. The molecule has 3 aromatic heterocycles. The van der Waals surface area contributed by atoms with E-state index in [0.717, 1.165) is 32.3 Å². The fraction of sp³-hybridized carbons (Fsp3) is 0.368. The van der Waals surface area contributed by atoms with Crippen molar-refractivity contribution in [3.05, 3.63) is 125 Å². The number of rotatable bonds is 14. The lowest BCUT2D eigenvalue weighted by Gasteiger charge is -2.38. The van der Waals surface area contributed by atoms with Gasteiger partial charge in [0.05, 0.1) is 47.0 Å². The van der Waals surface area contributed by atoms with Gasteiger partial charge < -0.3 is 19.7 Å². The highest BCUT2D eigenvalue weighted by atomic mass is 32.1. The van der Waals surface area contributed by atoms with E-state index in [1.807, 2.05) is 79.7 Å². The molecule has 2 saturated heterocycles. The van der Waals surface area contributed by atoms with Gasteiger partial charge in [0.1, 0.15) is 17.2 Å². The maximum absolute atomic E-state index is 15.7.